The van der Waals surface area contributed by atoms with Crippen LogP contribution in [-0.4, -0.2) is 18.2 Å². The van der Waals surface area contributed by atoms with Crippen molar-refractivity contribution in [3.8, 4) is 0 Å². The zero-order chi connectivity index (χ0) is 10.6. The van der Waals surface area contributed by atoms with Crippen LogP contribution in [0.15, 0.2) is 42.5 Å². The zero-order valence-electron chi connectivity index (χ0n) is 7.93. The van der Waals surface area contributed by atoms with Gasteiger partial charge in [-0.25, -0.2) is 4.79 Å². The maximum Gasteiger partial charge on any atom is 0.336 e. The normalized spacial score (nSPS) is 11.9. The molecule has 14 heavy (non-hydrogen) atoms. The molecule has 0 aliphatic heterocycles. The van der Waals surface area contributed by atoms with Crippen molar-refractivity contribution in [1.29, 1.82) is 0 Å². The third kappa shape index (κ3) is 2.20. The molecule has 1 N–H and O–H groups in total. The Hall–Kier alpha value is -1.61. The number of esters is 1. The monoisotopic (exact) mass is 194 g/mol. The van der Waals surface area contributed by atoms with Gasteiger partial charge in [0.1, 0.15) is 6.10 Å². The molecule has 0 aliphatic rings. The van der Waals surface area contributed by atoms with E-state index in [1.165, 1.54) is 7.11 Å². The van der Waals surface area contributed by atoms with Gasteiger partial charge in [0.05, 0.1) is 12.7 Å². The fourth-order valence-corrected chi connectivity index (χ4v) is 1.08. The van der Waals surface area contributed by atoms with Gasteiger partial charge < -0.3 is 9.84 Å². The molecule has 0 saturated heterocycles. The van der Waals surface area contributed by atoms with Crippen LogP contribution in [0, 0.1) is 0 Å². The Morgan fingerprint density at radius 2 is 2.00 bits per heavy atom. The molecule has 0 unspecified atom stereocenters. The molecule has 3 nitrogen and oxygen atoms in total. The highest BCUT2D eigenvalue weighted by atomic mass is 18.2. The second-order valence-electron chi connectivity index (χ2n) is 2.83. The molecule has 0 saturated carbocycles. The Morgan fingerprint density at radius 1 is 1.43 bits per heavy atom. The van der Waals surface area contributed by atoms with Gasteiger partial charge in [-0.3, -0.25) is 0 Å². The van der Waals surface area contributed by atoms with Gasteiger partial charge in [0, 0.05) is 0 Å². The number of ether oxygens (including phenoxy) is 1. The molecule has 1 atom stereocenters. The minimum absolute atomic E-state index is 0.0405. The van der Waals surface area contributed by atoms with E-state index in [1.54, 1.807) is 24.3 Å². The van der Waals surface area contributed by atoms with E-state index in [1.807, 2.05) is 6.07 Å². The Bertz CT molecular complexity index is 330. The summed E-state index contributed by atoms with van der Waals surface area (Å²) in [5.74, 6) is -0.596. The summed E-state index contributed by atoms with van der Waals surface area (Å²) in [6.07, 6.45) is -0.997. The highest BCUT2D eigenvalue weighted by Crippen LogP contribution is 2.20. The minimum atomic E-state index is -0.997. The van der Waals surface area contributed by atoms with Crippen LogP contribution in [0.5, 0.6) is 0 Å². The van der Waals surface area contributed by atoms with E-state index >= 15 is 0 Å². The van der Waals surface area contributed by atoms with Crippen LogP contribution < -0.4 is 0 Å². The maximum atomic E-state index is 11.0. The van der Waals surface area contributed by atoms with E-state index < -0.39 is 12.1 Å². The van der Waals surface area contributed by atoms with Crippen LogP contribution in [0.2, 0.25) is 0 Å². The SMILES string of the molecule is C=C(C(=O)OC)[C@@H]([18OH])c1ccccc1. The van der Waals surface area contributed by atoms with E-state index in [2.05, 4.69) is 11.3 Å². The number of methoxy groups -OCH3 is 1. The number of carbonyl (C=O) groups excluding carboxylic acids is 1. The number of rotatable bonds is 3. The maximum absolute atomic E-state index is 11.0. The van der Waals surface area contributed by atoms with Crippen LogP contribution in [-0.2, 0) is 9.53 Å². The number of carbonyl (C=O) groups is 1. The average molecular weight is 194 g/mol. The fourth-order valence-electron chi connectivity index (χ4n) is 1.08. The van der Waals surface area contributed by atoms with Gasteiger partial charge in [-0.05, 0) is 5.56 Å². The molecule has 0 aromatic heterocycles. The third-order valence-electron chi connectivity index (χ3n) is 1.89. The van der Waals surface area contributed by atoms with Crippen LogP contribution in [0.3, 0.4) is 0 Å². The van der Waals surface area contributed by atoms with Crippen molar-refractivity contribution >= 4 is 5.97 Å². The Balaban J connectivity index is 2.81. The summed E-state index contributed by atoms with van der Waals surface area (Å²) in [5.41, 5.74) is 0.668. The first kappa shape index (κ1) is 10.5. The molecule has 1 aromatic rings. The molecule has 1 aromatic carbocycles. The first-order valence-corrected chi connectivity index (χ1v) is 4.17. The molecule has 3 heteroatoms. The molecule has 0 spiro atoms. The van der Waals surface area contributed by atoms with E-state index in [4.69, 9.17) is 0 Å². The van der Waals surface area contributed by atoms with Crippen molar-refractivity contribution in [2.45, 2.75) is 6.10 Å². The zero-order valence-corrected chi connectivity index (χ0v) is 7.93. The summed E-state index contributed by atoms with van der Waals surface area (Å²) in [6, 6.07) is 8.83. The van der Waals surface area contributed by atoms with Crippen molar-refractivity contribution in [2.75, 3.05) is 7.11 Å². The number of hydrogen-bond donors (Lipinski definition) is 1. The summed E-state index contributed by atoms with van der Waals surface area (Å²) in [7, 11) is 1.26. The third-order valence-corrected chi connectivity index (χ3v) is 1.89. The van der Waals surface area contributed by atoms with E-state index in [-0.39, 0.29) is 5.57 Å². The molecular weight excluding hydrogens is 182 g/mol. The lowest BCUT2D eigenvalue weighted by molar-refractivity contribution is -0.137. The smallest absolute Gasteiger partial charge is 0.336 e. The summed E-state index contributed by atoms with van der Waals surface area (Å²) in [5, 5.41) is 9.69. The molecule has 0 heterocycles. The summed E-state index contributed by atoms with van der Waals surface area (Å²) in [6.45, 7) is 3.48. The van der Waals surface area contributed by atoms with Crippen LogP contribution in [0.1, 0.15) is 11.7 Å². The second-order valence-corrected chi connectivity index (χ2v) is 2.83. The first-order chi connectivity index (χ1) is 6.66. The standard InChI is InChI=1S/C11H12O3/c1-8(11(13)14-2)10(12)9-6-4-3-5-7-9/h3-7,10,12H,1H2,2H3/t10-/m1/s1/i12+2. The van der Waals surface area contributed by atoms with Crippen molar-refractivity contribution in [3.63, 3.8) is 0 Å². The van der Waals surface area contributed by atoms with Gasteiger partial charge in [-0.1, -0.05) is 36.9 Å². The van der Waals surface area contributed by atoms with Gasteiger partial charge in [-0.2, -0.15) is 0 Å². The quantitative estimate of drug-likeness (QED) is 0.450. The average Bonchev–Trinajstić information content (AvgIpc) is 2.27. The van der Waals surface area contributed by atoms with E-state index in [0.29, 0.717) is 5.56 Å². The molecule has 0 amide bonds. The summed E-state index contributed by atoms with van der Waals surface area (Å²) in [4.78, 5) is 11.0. The van der Waals surface area contributed by atoms with Gasteiger partial charge in [-0.15, -0.1) is 0 Å². The molecule has 0 bridgehead atoms. The lowest BCUT2D eigenvalue weighted by Crippen LogP contribution is -2.11. The van der Waals surface area contributed by atoms with Gasteiger partial charge >= 0.3 is 5.97 Å². The van der Waals surface area contributed by atoms with Crippen molar-refractivity contribution < 1.29 is 14.6 Å². The topological polar surface area (TPSA) is 46.5 Å². The van der Waals surface area contributed by atoms with Crippen molar-refractivity contribution in [2.24, 2.45) is 0 Å². The van der Waals surface area contributed by atoms with Crippen molar-refractivity contribution in [3.05, 3.63) is 48.0 Å². The second kappa shape index (κ2) is 4.58. The van der Waals surface area contributed by atoms with Crippen LogP contribution in [0.25, 0.3) is 0 Å². The Kier molecular flexibility index (Phi) is 3.42. The number of aliphatic hydroxyl groups excluding tert-OH is 1. The number of hydrogen-bond acceptors (Lipinski definition) is 3. The highest BCUT2D eigenvalue weighted by Gasteiger charge is 2.18. The summed E-state index contributed by atoms with van der Waals surface area (Å²) >= 11 is 0. The first-order valence-electron chi connectivity index (χ1n) is 4.17. The van der Waals surface area contributed by atoms with Crippen LogP contribution in [0.4, 0.5) is 0 Å². The molecular formula is C11H12O3. The Labute approximate surface area is 82.6 Å². The molecule has 0 radical (unpaired) electrons. The van der Waals surface area contributed by atoms with Gasteiger partial charge in [0.2, 0.25) is 0 Å². The lowest BCUT2D eigenvalue weighted by atomic mass is 10.0. The van der Waals surface area contributed by atoms with E-state index in [9.17, 15) is 9.90 Å². The van der Waals surface area contributed by atoms with E-state index in [0.717, 1.165) is 0 Å². The van der Waals surface area contributed by atoms with Gasteiger partial charge in [0.25, 0.3) is 0 Å². The summed E-state index contributed by atoms with van der Waals surface area (Å²) < 4.78 is 4.46. The largest absolute Gasteiger partial charge is 0.466 e. The predicted octanol–water partition coefficient (Wildman–Crippen LogP) is 1.45. The molecule has 0 aliphatic carbocycles. The fraction of sp³-hybridized carbons (Fsp3) is 0.182. The minimum Gasteiger partial charge on any atom is -0.466 e. The molecule has 74 valence electrons. The predicted molar refractivity (Wildman–Crippen MR) is 52.6 cm³/mol. The highest BCUT2D eigenvalue weighted by molar-refractivity contribution is 5.88. The molecule has 0 fully saturated rings. The van der Waals surface area contributed by atoms with Crippen molar-refractivity contribution in [1.82, 2.24) is 0 Å². The molecule has 1 rings (SSSR count). The number of benzene rings is 1. The number of aliphatic hydroxyl groups is 1. The lowest BCUT2D eigenvalue weighted by Gasteiger charge is -2.11. The van der Waals surface area contributed by atoms with Crippen LogP contribution >= 0.6 is 0 Å². The Morgan fingerprint density at radius 3 is 2.50 bits per heavy atom. The van der Waals surface area contributed by atoms with Gasteiger partial charge in [0.15, 0.2) is 0 Å².